The minimum Gasteiger partial charge on any atom is -0.493 e. The predicted molar refractivity (Wildman–Crippen MR) is 62.0 cm³/mol. The van der Waals surface area contributed by atoms with Crippen LogP contribution in [0.15, 0.2) is 18.2 Å². The van der Waals surface area contributed by atoms with Gasteiger partial charge in [-0.15, -0.1) is 0 Å². The van der Waals surface area contributed by atoms with Crippen molar-refractivity contribution in [2.45, 2.75) is 10.8 Å². The Morgan fingerprint density at radius 2 is 1.77 bits per heavy atom. The highest BCUT2D eigenvalue weighted by Crippen LogP contribution is 2.32. The van der Waals surface area contributed by atoms with Crippen molar-refractivity contribution in [2.24, 2.45) is 0 Å². The zero-order valence-electron chi connectivity index (χ0n) is 8.00. The van der Waals surface area contributed by atoms with E-state index >= 15 is 0 Å². The summed E-state index contributed by atoms with van der Waals surface area (Å²) < 4.78 is 10.8. The summed E-state index contributed by atoms with van der Waals surface area (Å²) in [6.45, 7) is 2.14. The molecule has 0 amide bonds. The van der Waals surface area contributed by atoms with E-state index in [4.69, 9.17) is 9.47 Å². The lowest BCUT2D eigenvalue weighted by Crippen LogP contribution is -1.92. The first-order valence-corrected chi connectivity index (χ1v) is 5.29. The summed E-state index contributed by atoms with van der Waals surface area (Å²) in [7, 11) is 3.30. The molecule has 0 spiro atoms. The highest BCUT2D eigenvalue weighted by atomic mass is 127. The van der Waals surface area contributed by atoms with E-state index in [1.165, 1.54) is 5.56 Å². The Balaban J connectivity index is 3.05. The fourth-order valence-electron chi connectivity index (χ4n) is 1.10. The van der Waals surface area contributed by atoms with Gasteiger partial charge in [0.15, 0.2) is 11.5 Å². The zero-order chi connectivity index (χ0) is 9.84. The molecule has 1 aromatic carbocycles. The van der Waals surface area contributed by atoms with Crippen LogP contribution in [0.5, 0.6) is 11.5 Å². The highest BCUT2D eigenvalue weighted by molar-refractivity contribution is 14.1. The molecular formula is C10H13IO2. The molecule has 1 rings (SSSR count). The maximum Gasteiger partial charge on any atom is 0.161 e. The second-order valence-electron chi connectivity index (χ2n) is 2.73. The van der Waals surface area contributed by atoms with Crippen molar-refractivity contribution >= 4 is 22.6 Å². The zero-order valence-corrected chi connectivity index (χ0v) is 10.2. The van der Waals surface area contributed by atoms with E-state index in [1.54, 1.807) is 14.2 Å². The normalized spacial score (nSPS) is 12.3. The van der Waals surface area contributed by atoms with Crippen LogP contribution in [0.4, 0.5) is 0 Å². The summed E-state index contributed by atoms with van der Waals surface area (Å²) in [6.07, 6.45) is 0. The van der Waals surface area contributed by atoms with Crippen LogP contribution in [0.25, 0.3) is 0 Å². The molecule has 0 bridgehead atoms. The molecule has 0 aromatic heterocycles. The standard InChI is InChI=1S/C10H13IO2/c1-7(11)8-4-5-9(12-2)10(6-8)13-3/h4-7H,1-3H3. The lowest BCUT2D eigenvalue weighted by molar-refractivity contribution is 0.354. The molecule has 3 heteroatoms. The van der Waals surface area contributed by atoms with E-state index < -0.39 is 0 Å². The van der Waals surface area contributed by atoms with Crippen LogP contribution in [0, 0.1) is 0 Å². The van der Waals surface area contributed by atoms with Gasteiger partial charge in [0.2, 0.25) is 0 Å². The summed E-state index contributed by atoms with van der Waals surface area (Å²) in [4.78, 5) is 0. The molecule has 0 saturated carbocycles. The van der Waals surface area contributed by atoms with Gasteiger partial charge in [-0.1, -0.05) is 28.7 Å². The molecule has 1 atom stereocenters. The van der Waals surface area contributed by atoms with Gasteiger partial charge in [-0.25, -0.2) is 0 Å². The average Bonchev–Trinajstić information content (AvgIpc) is 2.16. The number of halogens is 1. The van der Waals surface area contributed by atoms with Crippen LogP contribution in [0.2, 0.25) is 0 Å². The van der Waals surface area contributed by atoms with E-state index in [1.807, 2.05) is 12.1 Å². The molecule has 0 heterocycles. The first-order valence-electron chi connectivity index (χ1n) is 4.05. The summed E-state index contributed by atoms with van der Waals surface area (Å²) in [5.41, 5.74) is 1.25. The SMILES string of the molecule is COc1ccc(C(C)I)cc1OC. The molecule has 1 unspecified atom stereocenters. The number of alkyl halides is 1. The summed E-state index contributed by atoms with van der Waals surface area (Å²) >= 11 is 2.37. The largest absolute Gasteiger partial charge is 0.493 e. The second kappa shape index (κ2) is 4.69. The van der Waals surface area contributed by atoms with Gasteiger partial charge < -0.3 is 9.47 Å². The van der Waals surface area contributed by atoms with Crippen molar-refractivity contribution in [3.05, 3.63) is 23.8 Å². The van der Waals surface area contributed by atoms with Crippen molar-refractivity contribution in [3.63, 3.8) is 0 Å². The fourth-order valence-corrected chi connectivity index (χ4v) is 1.49. The Bertz CT molecular complexity index is 284. The minimum atomic E-state index is 0.484. The Labute approximate surface area is 92.4 Å². The third-order valence-corrected chi connectivity index (χ3v) is 2.59. The molecule has 0 N–H and O–H groups in total. The van der Waals surface area contributed by atoms with E-state index in [9.17, 15) is 0 Å². The average molecular weight is 292 g/mol. The van der Waals surface area contributed by atoms with Gasteiger partial charge in [0.1, 0.15) is 0 Å². The van der Waals surface area contributed by atoms with Gasteiger partial charge in [-0.2, -0.15) is 0 Å². The predicted octanol–water partition coefficient (Wildman–Crippen LogP) is 3.20. The van der Waals surface area contributed by atoms with Gasteiger partial charge in [0, 0.05) is 3.92 Å². The highest BCUT2D eigenvalue weighted by Gasteiger charge is 2.06. The summed E-state index contributed by atoms with van der Waals surface area (Å²) in [5.74, 6) is 1.58. The number of hydrogen-bond acceptors (Lipinski definition) is 2. The Kier molecular flexibility index (Phi) is 3.84. The van der Waals surface area contributed by atoms with Crippen LogP contribution in [0.3, 0.4) is 0 Å². The van der Waals surface area contributed by atoms with Crippen LogP contribution in [0.1, 0.15) is 16.4 Å². The first kappa shape index (κ1) is 10.6. The van der Waals surface area contributed by atoms with E-state index in [2.05, 4.69) is 35.6 Å². The van der Waals surface area contributed by atoms with Crippen molar-refractivity contribution in [1.29, 1.82) is 0 Å². The molecule has 0 radical (unpaired) electrons. The van der Waals surface area contributed by atoms with Crippen LogP contribution >= 0.6 is 22.6 Å². The van der Waals surface area contributed by atoms with Gasteiger partial charge in [0.25, 0.3) is 0 Å². The molecule has 1 aromatic rings. The molecule has 0 aliphatic rings. The second-order valence-corrected chi connectivity index (χ2v) is 4.60. The fraction of sp³-hybridized carbons (Fsp3) is 0.400. The lowest BCUT2D eigenvalue weighted by atomic mass is 10.1. The van der Waals surface area contributed by atoms with Gasteiger partial charge >= 0.3 is 0 Å². The lowest BCUT2D eigenvalue weighted by Gasteiger charge is -2.10. The number of ether oxygens (including phenoxy) is 2. The van der Waals surface area contributed by atoms with E-state index in [-0.39, 0.29) is 0 Å². The minimum absolute atomic E-state index is 0.484. The number of hydrogen-bond donors (Lipinski definition) is 0. The van der Waals surface area contributed by atoms with E-state index in [0.717, 1.165) is 11.5 Å². The molecule has 0 aliphatic carbocycles. The topological polar surface area (TPSA) is 18.5 Å². The molecule has 0 saturated heterocycles. The van der Waals surface area contributed by atoms with Crippen molar-refractivity contribution < 1.29 is 9.47 Å². The third-order valence-electron chi connectivity index (χ3n) is 1.87. The monoisotopic (exact) mass is 292 g/mol. The number of benzene rings is 1. The number of rotatable bonds is 3. The van der Waals surface area contributed by atoms with Gasteiger partial charge in [-0.05, 0) is 24.6 Å². The molecule has 13 heavy (non-hydrogen) atoms. The van der Waals surface area contributed by atoms with Crippen LogP contribution < -0.4 is 9.47 Å². The smallest absolute Gasteiger partial charge is 0.161 e. The van der Waals surface area contributed by atoms with Crippen molar-refractivity contribution in [1.82, 2.24) is 0 Å². The molecule has 72 valence electrons. The Morgan fingerprint density at radius 3 is 2.23 bits per heavy atom. The quantitative estimate of drug-likeness (QED) is 0.629. The molecule has 2 nitrogen and oxygen atoms in total. The van der Waals surface area contributed by atoms with Gasteiger partial charge in [0.05, 0.1) is 14.2 Å². The maximum absolute atomic E-state index is 5.20. The van der Waals surface area contributed by atoms with Crippen molar-refractivity contribution in [2.75, 3.05) is 14.2 Å². The van der Waals surface area contributed by atoms with Crippen LogP contribution in [-0.4, -0.2) is 14.2 Å². The molecule has 0 fully saturated rings. The first-order chi connectivity index (χ1) is 6.19. The Morgan fingerprint density at radius 1 is 1.15 bits per heavy atom. The molecule has 0 aliphatic heterocycles. The maximum atomic E-state index is 5.20. The summed E-state index contributed by atoms with van der Waals surface area (Å²) in [5, 5.41) is 0. The molecular weight excluding hydrogens is 279 g/mol. The Hall–Kier alpha value is -0.450. The van der Waals surface area contributed by atoms with Gasteiger partial charge in [-0.3, -0.25) is 0 Å². The van der Waals surface area contributed by atoms with Crippen LogP contribution in [-0.2, 0) is 0 Å². The van der Waals surface area contributed by atoms with Crippen molar-refractivity contribution in [3.8, 4) is 11.5 Å². The summed E-state index contributed by atoms with van der Waals surface area (Å²) in [6, 6.07) is 6.00. The number of methoxy groups -OCH3 is 2. The third kappa shape index (κ3) is 2.49. The van der Waals surface area contributed by atoms with E-state index in [0.29, 0.717) is 3.92 Å².